The zero-order chi connectivity index (χ0) is 15.2. The van der Waals surface area contributed by atoms with Gasteiger partial charge in [-0.25, -0.2) is 4.39 Å². The Hall–Kier alpha value is -1.49. The molecule has 1 fully saturated rings. The second-order valence-electron chi connectivity index (χ2n) is 5.59. The second kappa shape index (κ2) is 7.50. The fraction of sp³-hybridized carbons (Fsp3) is 0.500. The molecule has 1 aromatic carbocycles. The van der Waals surface area contributed by atoms with Gasteiger partial charge < -0.3 is 11.1 Å². The van der Waals surface area contributed by atoms with E-state index in [0.29, 0.717) is 11.3 Å². The van der Waals surface area contributed by atoms with Crippen LogP contribution in [0.15, 0.2) is 18.2 Å². The van der Waals surface area contributed by atoms with Crippen LogP contribution in [-0.2, 0) is 4.79 Å². The lowest BCUT2D eigenvalue weighted by molar-refractivity contribution is -0.120. The predicted molar refractivity (Wildman–Crippen MR) is 86.7 cm³/mol. The van der Waals surface area contributed by atoms with Crippen LogP contribution in [0.25, 0.3) is 0 Å². The molecule has 3 N–H and O–H groups in total. The SMILES string of the molecule is NC(=S)c1cc(F)ccc1NC(=O)C1CCCCCCC1. The molecular weight excluding hydrogens is 287 g/mol. The van der Waals surface area contributed by atoms with Gasteiger partial charge in [0.2, 0.25) is 5.91 Å². The predicted octanol–water partition coefficient (Wildman–Crippen LogP) is 3.76. The summed E-state index contributed by atoms with van der Waals surface area (Å²) in [6, 6.07) is 4.08. The standard InChI is InChI=1S/C16H21FN2OS/c17-12-8-9-14(13(10-12)15(18)21)19-16(20)11-6-4-2-1-3-5-7-11/h8-11H,1-7H2,(H2,18,21)(H,19,20). The summed E-state index contributed by atoms with van der Waals surface area (Å²) < 4.78 is 13.3. The second-order valence-corrected chi connectivity index (χ2v) is 6.03. The van der Waals surface area contributed by atoms with E-state index in [9.17, 15) is 9.18 Å². The minimum absolute atomic E-state index is 0.0130. The van der Waals surface area contributed by atoms with Crippen molar-refractivity contribution in [1.29, 1.82) is 0 Å². The molecule has 0 aromatic heterocycles. The normalized spacial score (nSPS) is 16.8. The number of amides is 1. The fourth-order valence-corrected chi connectivity index (χ4v) is 2.95. The Balaban J connectivity index is 2.09. The molecule has 0 bridgehead atoms. The summed E-state index contributed by atoms with van der Waals surface area (Å²) in [5.74, 6) is -0.405. The van der Waals surface area contributed by atoms with E-state index in [1.807, 2.05) is 0 Å². The first-order valence-corrected chi connectivity index (χ1v) is 7.89. The highest BCUT2D eigenvalue weighted by Crippen LogP contribution is 2.25. The zero-order valence-electron chi connectivity index (χ0n) is 12.0. The number of benzene rings is 1. The first-order valence-electron chi connectivity index (χ1n) is 7.48. The highest BCUT2D eigenvalue weighted by molar-refractivity contribution is 7.80. The Bertz CT molecular complexity index is 525. The van der Waals surface area contributed by atoms with Crippen molar-refractivity contribution in [3.63, 3.8) is 0 Å². The van der Waals surface area contributed by atoms with Crippen molar-refractivity contribution in [3.05, 3.63) is 29.6 Å². The highest BCUT2D eigenvalue weighted by atomic mass is 32.1. The van der Waals surface area contributed by atoms with Crippen LogP contribution < -0.4 is 11.1 Å². The lowest BCUT2D eigenvalue weighted by atomic mass is 9.90. The van der Waals surface area contributed by atoms with Gasteiger partial charge in [0.25, 0.3) is 0 Å². The molecule has 21 heavy (non-hydrogen) atoms. The molecule has 1 aromatic rings. The van der Waals surface area contributed by atoms with Crippen LogP contribution in [0.2, 0.25) is 0 Å². The summed E-state index contributed by atoms with van der Waals surface area (Å²) in [7, 11) is 0. The van der Waals surface area contributed by atoms with Crippen molar-refractivity contribution in [3.8, 4) is 0 Å². The molecule has 1 amide bonds. The molecule has 3 nitrogen and oxygen atoms in total. The van der Waals surface area contributed by atoms with E-state index >= 15 is 0 Å². The number of nitrogens with two attached hydrogens (primary N) is 1. The molecule has 0 unspecified atom stereocenters. The van der Waals surface area contributed by atoms with Crippen molar-refractivity contribution in [1.82, 2.24) is 0 Å². The molecule has 0 heterocycles. The number of halogens is 1. The van der Waals surface area contributed by atoms with Crippen LogP contribution in [0.3, 0.4) is 0 Å². The molecule has 1 aliphatic carbocycles. The van der Waals surface area contributed by atoms with Gasteiger partial charge in [0.05, 0.1) is 5.69 Å². The zero-order valence-corrected chi connectivity index (χ0v) is 12.8. The van der Waals surface area contributed by atoms with Gasteiger partial charge in [-0.3, -0.25) is 4.79 Å². The molecule has 1 saturated carbocycles. The van der Waals surface area contributed by atoms with Gasteiger partial charge in [-0.1, -0.05) is 44.3 Å². The van der Waals surface area contributed by atoms with Crippen LogP contribution in [0.1, 0.15) is 50.5 Å². The Morgan fingerprint density at radius 3 is 2.43 bits per heavy atom. The summed E-state index contributed by atoms with van der Waals surface area (Å²) in [4.78, 5) is 12.5. The molecule has 5 heteroatoms. The number of nitrogens with one attached hydrogen (secondary N) is 1. The maximum atomic E-state index is 13.3. The number of carbonyl (C=O) groups is 1. The van der Waals surface area contributed by atoms with Crippen molar-refractivity contribution in [2.75, 3.05) is 5.32 Å². The summed E-state index contributed by atoms with van der Waals surface area (Å²) in [5, 5.41) is 2.86. The van der Waals surface area contributed by atoms with Gasteiger partial charge in [-0.05, 0) is 31.0 Å². The number of hydrogen-bond acceptors (Lipinski definition) is 2. The Morgan fingerprint density at radius 1 is 1.19 bits per heavy atom. The summed E-state index contributed by atoms with van der Waals surface area (Å²) >= 11 is 4.92. The van der Waals surface area contributed by atoms with E-state index in [-0.39, 0.29) is 16.8 Å². The fourth-order valence-electron chi connectivity index (χ4n) is 2.78. The number of anilines is 1. The van der Waals surface area contributed by atoms with Gasteiger partial charge in [0, 0.05) is 11.5 Å². The lowest BCUT2D eigenvalue weighted by Crippen LogP contribution is -2.25. The Kier molecular flexibility index (Phi) is 5.67. The quantitative estimate of drug-likeness (QED) is 0.836. The van der Waals surface area contributed by atoms with E-state index in [1.54, 1.807) is 0 Å². The van der Waals surface area contributed by atoms with Gasteiger partial charge in [0.15, 0.2) is 0 Å². The van der Waals surface area contributed by atoms with E-state index in [0.717, 1.165) is 25.7 Å². The smallest absolute Gasteiger partial charge is 0.227 e. The third-order valence-electron chi connectivity index (χ3n) is 3.98. The molecule has 0 atom stereocenters. The van der Waals surface area contributed by atoms with Crippen molar-refractivity contribution < 1.29 is 9.18 Å². The Morgan fingerprint density at radius 2 is 1.81 bits per heavy atom. The number of carbonyl (C=O) groups excluding carboxylic acids is 1. The van der Waals surface area contributed by atoms with Crippen molar-refractivity contribution >= 4 is 28.8 Å². The average molecular weight is 308 g/mol. The number of thiocarbonyl (C=S) groups is 1. The van der Waals surface area contributed by atoms with E-state index in [2.05, 4.69) is 5.32 Å². The summed E-state index contributed by atoms with van der Waals surface area (Å²) in [6.07, 6.45) is 7.65. The highest BCUT2D eigenvalue weighted by Gasteiger charge is 2.20. The van der Waals surface area contributed by atoms with Crippen LogP contribution >= 0.6 is 12.2 Å². The molecule has 2 rings (SSSR count). The summed E-state index contributed by atoms with van der Waals surface area (Å²) in [5.41, 5.74) is 6.47. The van der Waals surface area contributed by atoms with E-state index in [1.165, 1.54) is 37.5 Å². The monoisotopic (exact) mass is 308 g/mol. The molecule has 0 saturated heterocycles. The maximum absolute atomic E-state index is 13.3. The van der Waals surface area contributed by atoms with Crippen molar-refractivity contribution in [2.24, 2.45) is 11.7 Å². The van der Waals surface area contributed by atoms with Crippen LogP contribution in [-0.4, -0.2) is 10.9 Å². The maximum Gasteiger partial charge on any atom is 0.227 e. The van der Waals surface area contributed by atoms with Crippen LogP contribution in [0.5, 0.6) is 0 Å². The van der Waals surface area contributed by atoms with Gasteiger partial charge in [0.1, 0.15) is 10.8 Å². The van der Waals surface area contributed by atoms with Gasteiger partial charge >= 0.3 is 0 Å². The lowest BCUT2D eigenvalue weighted by Gasteiger charge is -2.20. The minimum Gasteiger partial charge on any atom is -0.389 e. The molecule has 0 radical (unpaired) electrons. The first kappa shape index (κ1) is 15.9. The third kappa shape index (κ3) is 4.49. The summed E-state index contributed by atoms with van der Waals surface area (Å²) in [6.45, 7) is 0. The first-order chi connectivity index (χ1) is 10.1. The average Bonchev–Trinajstić information content (AvgIpc) is 2.40. The number of rotatable bonds is 3. The van der Waals surface area contributed by atoms with Gasteiger partial charge in [-0.2, -0.15) is 0 Å². The number of hydrogen-bond donors (Lipinski definition) is 2. The van der Waals surface area contributed by atoms with Crippen LogP contribution in [0.4, 0.5) is 10.1 Å². The van der Waals surface area contributed by atoms with Crippen LogP contribution in [0, 0.1) is 11.7 Å². The molecule has 114 valence electrons. The van der Waals surface area contributed by atoms with E-state index < -0.39 is 5.82 Å². The van der Waals surface area contributed by atoms with Crippen molar-refractivity contribution in [2.45, 2.75) is 44.9 Å². The molecular formula is C16H21FN2OS. The molecule has 1 aliphatic rings. The van der Waals surface area contributed by atoms with Gasteiger partial charge in [-0.15, -0.1) is 0 Å². The largest absolute Gasteiger partial charge is 0.389 e. The minimum atomic E-state index is -0.415. The molecule has 0 spiro atoms. The third-order valence-corrected chi connectivity index (χ3v) is 4.20. The van der Waals surface area contributed by atoms with E-state index in [4.69, 9.17) is 18.0 Å². The molecule has 0 aliphatic heterocycles. The topological polar surface area (TPSA) is 55.1 Å². The Labute approximate surface area is 130 Å².